The lowest BCUT2D eigenvalue weighted by Crippen LogP contribution is -2.23. The second-order valence-corrected chi connectivity index (χ2v) is 5.61. The summed E-state index contributed by atoms with van der Waals surface area (Å²) in [6.45, 7) is 7.25. The quantitative estimate of drug-likeness (QED) is 0.438. The summed E-state index contributed by atoms with van der Waals surface area (Å²) in [7, 11) is 0. The van der Waals surface area contributed by atoms with E-state index in [4.69, 9.17) is 0 Å². The highest BCUT2D eigenvalue weighted by atomic mass is 16.6. The molecule has 1 heterocycles. The Morgan fingerprint density at radius 3 is 2.79 bits per heavy atom. The number of unbranched alkanes of at least 4 members (excludes halogenated alkanes) is 2. The van der Waals surface area contributed by atoms with Crippen LogP contribution in [0.3, 0.4) is 0 Å². The number of hydrogen-bond donors (Lipinski definition) is 1. The minimum absolute atomic E-state index is 0.105. The van der Waals surface area contributed by atoms with Crippen LogP contribution in [0.2, 0.25) is 0 Å². The van der Waals surface area contributed by atoms with E-state index in [1.54, 1.807) is 12.1 Å². The lowest BCUT2D eigenvalue weighted by molar-refractivity contribution is -0.388. The number of nitro groups is 1. The monoisotopic (exact) mass is 265 g/mol. The van der Waals surface area contributed by atoms with Crippen LogP contribution in [0.15, 0.2) is 18.3 Å². The molecule has 0 aliphatic rings. The van der Waals surface area contributed by atoms with E-state index in [2.05, 4.69) is 31.1 Å². The van der Waals surface area contributed by atoms with E-state index in [9.17, 15) is 10.1 Å². The van der Waals surface area contributed by atoms with Gasteiger partial charge in [0.2, 0.25) is 0 Å². The van der Waals surface area contributed by atoms with Gasteiger partial charge in [0.15, 0.2) is 0 Å². The van der Waals surface area contributed by atoms with E-state index >= 15 is 0 Å². The average molecular weight is 265 g/mol. The lowest BCUT2D eigenvalue weighted by atomic mass is 9.87. The van der Waals surface area contributed by atoms with Crippen LogP contribution in [-0.4, -0.2) is 16.5 Å². The Hall–Kier alpha value is -1.65. The van der Waals surface area contributed by atoms with E-state index in [0.717, 1.165) is 6.42 Å². The Labute approximate surface area is 114 Å². The van der Waals surface area contributed by atoms with E-state index in [0.29, 0.717) is 12.2 Å². The SMILES string of the molecule is CCCCCC(C)(C)CNc1cccnc1[N+](=O)[O-]. The standard InChI is InChI=1S/C14H23N3O2/c1-4-5-6-9-14(2,3)11-16-12-8-7-10-15-13(12)17(18)19/h7-8,10,16H,4-6,9,11H2,1-3H3. The minimum Gasteiger partial charge on any atom is -0.378 e. The summed E-state index contributed by atoms with van der Waals surface area (Å²) in [5, 5.41) is 14.0. The molecule has 1 aromatic rings. The average Bonchev–Trinajstić information content (AvgIpc) is 2.37. The minimum atomic E-state index is -0.452. The molecule has 0 aliphatic carbocycles. The topological polar surface area (TPSA) is 68.1 Å². The van der Waals surface area contributed by atoms with Crippen LogP contribution in [-0.2, 0) is 0 Å². The number of nitrogens with one attached hydrogen (secondary N) is 1. The maximum absolute atomic E-state index is 10.9. The molecule has 0 amide bonds. The Morgan fingerprint density at radius 1 is 1.42 bits per heavy atom. The van der Waals surface area contributed by atoms with Gasteiger partial charge < -0.3 is 15.4 Å². The number of hydrogen-bond acceptors (Lipinski definition) is 4. The van der Waals surface area contributed by atoms with Crippen molar-refractivity contribution in [3.63, 3.8) is 0 Å². The number of rotatable bonds is 8. The maximum atomic E-state index is 10.9. The van der Waals surface area contributed by atoms with Gasteiger partial charge in [0.05, 0.1) is 0 Å². The second-order valence-electron chi connectivity index (χ2n) is 5.61. The first-order valence-electron chi connectivity index (χ1n) is 6.79. The Morgan fingerprint density at radius 2 is 2.16 bits per heavy atom. The van der Waals surface area contributed by atoms with Crippen molar-refractivity contribution in [2.24, 2.45) is 5.41 Å². The molecule has 0 saturated heterocycles. The van der Waals surface area contributed by atoms with E-state index in [1.807, 2.05) is 0 Å². The third kappa shape index (κ3) is 5.24. The molecule has 0 spiro atoms. The molecule has 1 N–H and O–H groups in total. The van der Waals surface area contributed by atoms with Crippen molar-refractivity contribution in [3.05, 3.63) is 28.4 Å². The van der Waals surface area contributed by atoms with Gasteiger partial charge >= 0.3 is 5.82 Å². The first-order chi connectivity index (χ1) is 8.96. The molecule has 19 heavy (non-hydrogen) atoms. The maximum Gasteiger partial charge on any atom is 0.386 e. The van der Waals surface area contributed by atoms with Gasteiger partial charge in [-0.05, 0) is 33.9 Å². The van der Waals surface area contributed by atoms with E-state index < -0.39 is 4.92 Å². The highest BCUT2D eigenvalue weighted by molar-refractivity contribution is 5.56. The summed E-state index contributed by atoms with van der Waals surface area (Å²) in [6, 6.07) is 3.41. The molecule has 5 heteroatoms. The zero-order valence-corrected chi connectivity index (χ0v) is 12.0. The lowest BCUT2D eigenvalue weighted by Gasteiger charge is -2.25. The first kappa shape index (κ1) is 15.4. The molecule has 0 bridgehead atoms. The predicted molar refractivity (Wildman–Crippen MR) is 77.3 cm³/mol. The van der Waals surface area contributed by atoms with E-state index in [1.165, 1.54) is 25.5 Å². The van der Waals surface area contributed by atoms with Crippen LogP contribution < -0.4 is 5.32 Å². The van der Waals surface area contributed by atoms with Crippen molar-refractivity contribution < 1.29 is 4.92 Å². The summed E-state index contributed by atoms with van der Waals surface area (Å²) >= 11 is 0. The molecule has 0 fully saturated rings. The Balaban J connectivity index is 2.58. The summed E-state index contributed by atoms with van der Waals surface area (Å²) in [5.41, 5.74) is 0.620. The van der Waals surface area contributed by atoms with Crippen LogP contribution in [0.5, 0.6) is 0 Å². The number of anilines is 1. The second kappa shape index (κ2) is 7.07. The normalized spacial score (nSPS) is 11.3. The van der Waals surface area contributed by atoms with Gasteiger partial charge in [0, 0.05) is 6.54 Å². The van der Waals surface area contributed by atoms with Crippen LogP contribution in [0.25, 0.3) is 0 Å². The van der Waals surface area contributed by atoms with Crippen molar-refractivity contribution in [2.45, 2.75) is 46.5 Å². The largest absolute Gasteiger partial charge is 0.386 e. The van der Waals surface area contributed by atoms with Crippen molar-refractivity contribution in [2.75, 3.05) is 11.9 Å². The van der Waals surface area contributed by atoms with Crippen LogP contribution >= 0.6 is 0 Å². The van der Waals surface area contributed by atoms with Crippen molar-refractivity contribution >= 4 is 11.5 Å². The van der Waals surface area contributed by atoms with Gasteiger partial charge in [-0.15, -0.1) is 0 Å². The molecule has 0 radical (unpaired) electrons. The molecule has 0 saturated carbocycles. The molecule has 5 nitrogen and oxygen atoms in total. The summed E-state index contributed by atoms with van der Waals surface area (Å²) in [4.78, 5) is 14.2. The molecule has 0 unspecified atom stereocenters. The zero-order chi connectivity index (χ0) is 14.3. The van der Waals surface area contributed by atoms with E-state index in [-0.39, 0.29) is 11.2 Å². The van der Waals surface area contributed by atoms with Crippen molar-refractivity contribution in [3.8, 4) is 0 Å². The Bertz CT molecular complexity index is 419. The van der Waals surface area contributed by atoms with Crippen molar-refractivity contribution in [1.29, 1.82) is 0 Å². The molecule has 0 aliphatic heterocycles. The van der Waals surface area contributed by atoms with Gasteiger partial charge in [-0.1, -0.05) is 40.0 Å². The fourth-order valence-corrected chi connectivity index (χ4v) is 1.96. The molecule has 1 rings (SSSR count). The molecule has 1 aromatic heterocycles. The van der Waals surface area contributed by atoms with Gasteiger partial charge in [-0.3, -0.25) is 0 Å². The van der Waals surface area contributed by atoms with Crippen LogP contribution in [0, 0.1) is 15.5 Å². The molecule has 106 valence electrons. The fraction of sp³-hybridized carbons (Fsp3) is 0.643. The number of nitrogens with zero attached hydrogens (tertiary/aromatic N) is 2. The summed E-state index contributed by atoms with van der Waals surface area (Å²) < 4.78 is 0. The molecule has 0 aromatic carbocycles. The van der Waals surface area contributed by atoms with Crippen LogP contribution in [0.1, 0.15) is 46.5 Å². The highest BCUT2D eigenvalue weighted by Gasteiger charge is 2.20. The third-order valence-corrected chi connectivity index (χ3v) is 3.17. The third-order valence-electron chi connectivity index (χ3n) is 3.17. The van der Waals surface area contributed by atoms with Gasteiger partial charge in [-0.25, -0.2) is 0 Å². The van der Waals surface area contributed by atoms with Gasteiger partial charge in [-0.2, -0.15) is 0 Å². The van der Waals surface area contributed by atoms with Gasteiger partial charge in [0.1, 0.15) is 11.9 Å². The highest BCUT2D eigenvalue weighted by Crippen LogP contribution is 2.26. The van der Waals surface area contributed by atoms with Gasteiger partial charge in [0.25, 0.3) is 0 Å². The Kier molecular flexibility index (Phi) is 5.73. The smallest absolute Gasteiger partial charge is 0.378 e. The predicted octanol–water partition coefficient (Wildman–Crippen LogP) is 4.01. The fourth-order valence-electron chi connectivity index (χ4n) is 1.96. The molecular weight excluding hydrogens is 242 g/mol. The van der Waals surface area contributed by atoms with Crippen LogP contribution in [0.4, 0.5) is 11.5 Å². The number of pyridine rings is 1. The summed E-state index contributed by atoms with van der Waals surface area (Å²) in [5.74, 6) is -0.105. The number of aromatic nitrogens is 1. The summed E-state index contributed by atoms with van der Waals surface area (Å²) in [6.07, 6.45) is 6.19. The van der Waals surface area contributed by atoms with Crippen molar-refractivity contribution in [1.82, 2.24) is 4.98 Å². The molecule has 0 atom stereocenters. The zero-order valence-electron chi connectivity index (χ0n) is 12.0. The first-order valence-corrected chi connectivity index (χ1v) is 6.79. The molecular formula is C14H23N3O2.